The predicted octanol–water partition coefficient (Wildman–Crippen LogP) is 2.89. The fraction of sp³-hybridized carbons (Fsp3) is 0.444. The lowest BCUT2D eigenvalue weighted by atomic mass is 9.96. The molecule has 1 unspecified atom stereocenters. The second kappa shape index (κ2) is 12.6. The number of nitrogens with zero attached hydrogens (tertiary/aromatic N) is 3. The third kappa shape index (κ3) is 6.38. The number of aromatic nitrogens is 2. The number of nitrogens with two attached hydrogens (primary N) is 1. The van der Waals surface area contributed by atoms with E-state index in [0.29, 0.717) is 29.7 Å². The average molecular weight is 588 g/mol. The molecule has 0 radical (unpaired) electrons. The molecule has 6 atom stereocenters. The van der Waals surface area contributed by atoms with Crippen molar-refractivity contribution in [1.29, 1.82) is 5.26 Å². The zero-order valence-corrected chi connectivity index (χ0v) is 23.8. The van der Waals surface area contributed by atoms with E-state index in [-0.39, 0.29) is 11.9 Å². The Balaban J connectivity index is 1.58. The minimum absolute atomic E-state index is 0.156. The van der Waals surface area contributed by atoms with Crippen molar-refractivity contribution >= 4 is 24.9 Å². The summed E-state index contributed by atoms with van der Waals surface area (Å²) in [5.74, 6) is -0.516. The van der Waals surface area contributed by atoms with E-state index in [0.717, 1.165) is 0 Å². The van der Waals surface area contributed by atoms with Gasteiger partial charge in [0.15, 0.2) is 0 Å². The Morgan fingerprint density at radius 2 is 1.95 bits per heavy atom. The van der Waals surface area contributed by atoms with Crippen molar-refractivity contribution in [3.8, 4) is 11.8 Å². The predicted molar refractivity (Wildman–Crippen MR) is 147 cm³/mol. The van der Waals surface area contributed by atoms with Crippen LogP contribution < -0.4 is 15.3 Å². The fourth-order valence-electron chi connectivity index (χ4n) is 4.46. The third-order valence-corrected chi connectivity index (χ3v) is 8.49. The van der Waals surface area contributed by atoms with Crippen molar-refractivity contribution < 1.29 is 38.1 Å². The van der Waals surface area contributed by atoms with Crippen LogP contribution in [-0.2, 0) is 23.4 Å². The number of para-hydroxylation sites is 1. The molecular weight excluding hydrogens is 553 g/mol. The number of nitriles is 1. The Morgan fingerprint density at radius 3 is 2.61 bits per heavy atom. The number of hydrogen-bond acceptors (Lipinski definition) is 11. The summed E-state index contributed by atoms with van der Waals surface area (Å²) < 4.78 is 38.0. The van der Waals surface area contributed by atoms with Gasteiger partial charge in [-0.2, -0.15) is 15.4 Å². The molecule has 0 saturated carbocycles. The molecule has 3 heterocycles. The first-order valence-electron chi connectivity index (χ1n) is 13.2. The van der Waals surface area contributed by atoms with Crippen molar-refractivity contribution in [2.75, 3.05) is 12.3 Å². The van der Waals surface area contributed by atoms with Crippen LogP contribution in [0.2, 0.25) is 0 Å². The summed E-state index contributed by atoms with van der Waals surface area (Å²) in [5, 5.41) is 38.7. The highest BCUT2D eigenvalue weighted by Gasteiger charge is 2.57. The summed E-state index contributed by atoms with van der Waals surface area (Å²) in [6.07, 6.45) is -2.20. The highest BCUT2D eigenvalue weighted by Crippen LogP contribution is 2.48. The highest BCUT2D eigenvalue weighted by atomic mass is 31.2. The van der Waals surface area contributed by atoms with Gasteiger partial charge < -0.3 is 29.9 Å². The number of nitrogens with one attached hydrogen (secondary N) is 1. The zero-order chi connectivity index (χ0) is 29.8. The number of aliphatic hydroxyl groups excluding tert-OH is 2. The molecule has 5 N–H and O–H groups in total. The van der Waals surface area contributed by atoms with E-state index in [1.165, 1.54) is 29.8 Å². The van der Waals surface area contributed by atoms with Crippen LogP contribution in [0.4, 0.5) is 5.69 Å². The number of benzene rings is 1. The Morgan fingerprint density at radius 1 is 1.24 bits per heavy atom. The van der Waals surface area contributed by atoms with Crippen LogP contribution in [-0.4, -0.2) is 62.4 Å². The van der Waals surface area contributed by atoms with Crippen molar-refractivity contribution in [3.05, 3.63) is 60.4 Å². The molecule has 1 aliphatic rings. The number of anilines is 1. The molecular formula is C27H34N5O8P. The van der Waals surface area contributed by atoms with E-state index >= 15 is 0 Å². The first-order chi connectivity index (χ1) is 19.6. The van der Waals surface area contributed by atoms with Gasteiger partial charge in [0, 0.05) is 6.20 Å². The van der Waals surface area contributed by atoms with E-state index < -0.39 is 50.3 Å². The summed E-state index contributed by atoms with van der Waals surface area (Å²) in [5.41, 5.74) is 5.14. The first-order valence-corrected chi connectivity index (χ1v) is 14.8. The maximum atomic E-state index is 13.9. The van der Waals surface area contributed by atoms with E-state index in [2.05, 4.69) is 10.2 Å². The van der Waals surface area contributed by atoms with Gasteiger partial charge >= 0.3 is 13.7 Å². The third-order valence-electron chi connectivity index (χ3n) is 6.86. The average Bonchev–Trinajstić information content (AvgIpc) is 3.51. The van der Waals surface area contributed by atoms with Gasteiger partial charge in [-0.15, -0.1) is 0 Å². The van der Waals surface area contributed by atoms with E-state index in [1.54, 1.807) is 36.4 Å². The number of ether oxygens (including phenoxy) is 2. The Kier molecular flexibility index (Phi) is 9.34. The molecule has 220 valence electrons. The molecule has 1 aromatic carbocycles. The van der Waals surface area contributed by atoms with Crippen LogP contribution in [0.5, 0.6) is 5.75 Å². The van der Waals surface area contributed by atoms with Crippen molar-refractivity contribution in [3.63, 3.8) is 0 Å². The molecule has 0 aliphatic carbocycles. The topological polar surface area (TPSA) is 191 Å². The molecule has 1 fully saturated rings. The van der Waals surface area contributed by atoms with E-state index in [9.17, 15) is 24.8 Å². The summed E-state index contributed by atoms with van der Waals surface area (Å²) in [4.78, 5) is 12.7. The smallest absolute Gasteiger partial charge is 0.459 e. The standard InChI is InChI=1S/C27H34N5O8P/c1-4-18(5-2)38-26(35)17(3)31-41(36,40-19-9-7-6-8-10-19)37-16-27(15-28)25(34)23(33)24(39-27)22-12-11-21-20(29)13-14-30-32(21)22/h6-14,17-18,23-25,33-34H,4-5,16,29H2,1-3H3,(H,31,36)/t17-,23-,24-,25-,27+,41?/m0/s1. The maximum Gasteiger partial charge on any atom is 0.459 e. The summed E-state index contributed by atoms with van der Waals surface area (Å²) in [6.45, 7) is 4.41. The van der Waals surface area contributed by atoms with Gasteiger partial charge in [-0.25, -0.2) is 9.08 Å². The first kappa shape index (κ1) is 30.5. The van der Waals surface area contributed by atoms with Crippen molar-refractivity contribution in [1.82, 2.24) is 14.7 Å². The van der Waals surface area contributed by atoms with Crippen LogP contribution in [0.15, 0.2) is 54.7 Å². The largest absolute Gasteiger partial charge is 0.461 e. The van der Waals surface area contributed by atoms with Gasteiger partial charge in [0.05, 0.1) is 16.9 Å². The molecule has 0 spiro atoms. The van der Waals surface area contributed by atoms with Crippen LogP contribution in [0.1, 0.15) is 45.4 Å². The molecule has 1 aliphatic heterocycles. The van der Waals surface area contributed by atoms with Crippen LogP contribution in [0.3, 0.4) is 0 Å². The second-order valence-electron chi connectivity index (χ2n) is 9.72. The van der Waals surface area contributed by atoms with E-state index in [1.807, 2.05) is 19.9 Å². The monoisotopic (exact) mass is 587 g/mol. The van der Waals surface area contributed by atoms with Gasteiger partial charge in [0.1, 0.15) is 48.9 Å². The van der Waals surface area contributed by atoms with Crippen molar-refractivity contribution in [2.24, 2.45) is 0 Å². The fourth-order valence-corrected chi connectivity index (χ4v) is 5.98. The van der Waals surface area contributed by atoms with Gasteiger partial charge in [-0.1, -0.05) is 32.0 Å². The highest BCUT2D eigenvalue weighted by molar-refractivity contribution is 7.52. The molecule has 14 heteroatoms. The normalized spacial score (nSPS) is 24.6. The zero-order valence-electron chi connectivity index (χ0n) is 22.9. The molecule has 0 amide bonds. The Labute approximate surface area is 237 Å². The number of esters is 1. The number of carbonyl (C=O) groups is 1. The number of aliphatic hydroxyl groups is 2. The second-order valence-corrected chi connectivity index (χ2v) is 11.4. The molecule has 3 aromatic rings. The molecule has 13 nitrogen and oxygen atoms in total. The summed E-state index contributed by atoms with van der Waals surface area (Å²) in [6, 6.07) is 13.7. The number of nitrogen functional groups attached to an aromatic ring is 1. The number of hydrogen-bond donors (Lipinski definition) is 4. The van der Waals surface area contributed by atoms with Crippen LogP contribution in [0.25, 0.3) is 5.52 Å². The lowest BCUT2D eigenvalue weighted by molar-refractivity contribution is -0.151. The summed E-state index contributed by atoms with van der Waals surface area (Å²) in [7, 11) is -4.40. The summed E-state index contributed by atoms with van der Waals surface area (Å²) >= 11 is 0. The SMILES string of the molecule is CCC(CC)OC(=O)[C@H](C)NP(=O)(OC[C@@]1(C#N)O[C@@H](c2ccc3c(N)ccnn23)[C@H](O)[C@@H]1O)Oc1ccccc1. The van der Waals surface area contributed by atoms with Gasteiger partial charge in [0.25, 0.3) is 0 Å². The molecule has 4 rings (SSSR count). The Hall–Kier alpha value is -3.50. The minimum atomic E-state index is -4.40. The maximum absolute atomic E-state index is 13.9. The lowest BCUT2D eigenvalue weighted by Crippen LogP contribution is -2.46. The Bertz CT molecular complexity index is 1440. The molecule has 41 heavy (non-hydrogen) atoms. The van der Waals surface area contributed by atoms with Gasteiger partial charge in [-0.05, 0) is 50.1 Å². The van der Waals surface area contributed by atoms with Crippen LogP contribution >= 0.6 is 7.75 Å². The molecule has 0 bridgehead atoms. The van der Waals surface area contributed by atoms with E-state index in [4.69, 9.17) is 24.3 Å². The minimum Gasteiger partial charge on any atom is -0.461 e. The number of rotatable bonds is 12. The number of carbonyl (C=O) groups excluding carboxylic acids is 1. The quantitative estimate of drug-likeness (QED) is 0.179. The lowest BCUT2D eigenvalue weighted by Gasteiger charge is -2.28. The molecule has 2 aromatic heterocycles. The number of fused-ring (bicyclic) bond motifs is 1. The van der Waals surface area contributed by atoms with Gasteiger partial charge in [0.2, 0.25) is 5.60 Å². The van der Waals surface area contributed by atoms with Crippen LogP contribution in [0, 0.1) is 11.3 Å². The molecule has 1 saturated heterocycles. The van der Waals surface area contributed by atoms with Gasteiger partial charge in [-0.3, -0.25) is 9.32 Å². The van der Waals surface area contributed by atoms with Crippen molar-refractivity contribution in [2.45, 2.75) is 69.7 Å².